The van der Waals surface area contributed by atoms with Crippen molar-refractivity contribution in [3.05, 3.63) is 36.5 Å². The first-order chi connectivity index (χ1) is 11.3. The van der Waals surface area contributed by atoms with E-state index in [1.807, 2.05) is 18.2 Å². The Hall–Kier alpha value is -2.96. The summed E-state index contributed by atoms with van der Waals surface area (Å²) in [6, 6.07) is 5.55. The summed E-state index contributed by atoms with van der Waals surface area (Å²) in [5.74, 6) is 3.02. The van der Waals surface area contributed by atoms with E-state index in [0.29, 0.717) is 35.1 Å². The molecule has 1 aromatic carbocycles. The lowest BCUT2D eigenvalue weighted by Crippen LogP contribution is -2.03. The van der Waals surface area contributed by atoms with E-state index in [-0.39, 0.29) is 0 Å². The largest absolute Gasteiger partial charge is 0.493 e. The standard InChI is InChI=1S/C16H17N3O4/c1-20-12-7-11-13(15(22-3)14(12)21-2)18-9-19-16(11)17-8-10-5-4-6-23-10/h4-7,9H,8H2,1-3H3,(H,17,18,19). The van der Waals surface area contributed by atoms with Crippen molar-refractivity contribution in [1.82, 2.24) is 9.97 Å². The minimum absolute atomic E-state index is 0.498. The molecule has 0 amide bonds. The van der Waals surface area contributed by atoms with Crippen LogP contribution in [0.5, 0.6) is 17.2 Å². The van der Waals surface area contributed by atoms with Crippen LogP contribution >= 0.6 is 0 Å². The lowest BCUT2D eigenvalue weighted by atomic mass is 10.2. The lowest BCUT2D eigenvalue weighted by molar-refractivity contribution is 0.327. The van der Waals surface area contributed by atoms with E-state index >= 15 is 0 Å². The highest BCUT2D eigenvalue weighted by molar-refractivity contribution is 5.96. The van der Waals surface area contributed by atoms with Gasteiger partial charge in [-0.15, -0.1) is 0 Å². The Morgan fingerprint density at radius 3 is 2.57 bits per heavy atom. The zero-order chi connectivity index (χ0) is 16.2. The summed E-state index contributed by atoms with van der Waals surface area (Å²) in [6.07, 6.45) is 3.10. The molecule has 120 valence electrons. The van der Waals surface area contributed by atoms with Crippen LogP contribution in [0.15, 0.2) is 35.2 Å². The Morgan fingerprint density at radius 1 is 1.09 bits per heavy atom. The number of aromatic nitrogens is 2. The topological polar surface area (TPSA) is 78.6 Å². The number of hydrogen-bond acceptors (Lipinski definition) is 7. The van der Waals surface area contributed by atoms with E-state index in [9.17, 15) is 0 Å². The molecule has 0 fully saturated rings. The molecule has 0 radical (unpaired) electrons. The van der Waals surface area contributed by atoms with Gasteiger partial charge in [-0.25, -0.2) is 9.97 Å². The molecule has 3 rings (SSSR count). The van der Waals surface area contributed by atoms with Gasteiger partial charge < -0.3 is 23.9 Å². The number of rotatable bonds is 6. The van der Waals surface area contributed by atoms with Crippen molar-refractivity contribution in [2.75, 3.05) is 26.6 Å². The third-order valence-electron chi connectivity index (χ3n) is 3.44. The van der Waals surface area contributed by atoms with Crippen LogP contribution in [0.4, 0.5) is 5.82 Å². The molecule has 2 heterocycles. The predicted molar refractivity (Wildman–Crippen MR) is 85.2 cm³/mol. The molecule has 2 aromatic heterocycles. The average molecular weight is 315 g/mol. The number of nitrogens with one attached hydrogen (secondary N) is 1. The van der Waals surface area contributed by atoms with Gasteiger partial charge in [0.1, 0.15) is 23.4 Å². The second-order valence-corrected chi connectivity index (χ2v) is 4.70. The maximum Gasteiger partial charge on any atom is 0.205 e. The van der Waals surface area contributed by atoms with Crippen molar-refractivity contribution in [1.29, 1.82) is 0 Å². The van der Waals surface area contributed by atoms with Crippen molar-refractivity contribution in [3.8, 4) is 17.2 Å². The van der Waals surface area contributed by atoms with Crippen LogP contribution in [0.3, 0.4) is 0 Å². The molecule has 0 saturated carbocycles. The zero-order valence-corrected chi connectivity index (χ0v) is 13.1. The summed E-state index contributed by atoms with van der Waals surface area (Å²) in [6.45, 7) is 0.510. The molecule has 7 nitrogen and oxygen atoms in total. The van der Waals surface area contributed by atoms with Crippen LogP contribution in [-0.2, 0) is 6.54 Å². The number of benzene rings is 1. The van der Waals surface area contributed by atoms with Gasteiger partial charge in [-0.2, -0.15) is 0 Å². The molecule has 0 aliphatic carbocycles. The number of furan rings is 1. The van der Waals surface area contributed by atoms with E-state index in [1.54, 1.807) is 27.6 Å². The van der Waals surface area contributed by atoms with Crippen LogP contribution in [0, 0.1) is 0 Å². The van der Waals surface area contributed by atoms with Crippen LogP contribution in [0.1, 0.15) is 5.76 Å². The van der Waals surface area contributed by atoms with Gasteiger partial charge >= 0.3 is 0 Å². The van der Waals surface area contributed by atoms with Crippen LogP contribution in [0.2, 0.25) is 0 Å². The summed E-state index contributed by atoms with van der Waals surface area (Å²) in [4.78, 5) is 8.60. The maximum atomic E-state index is 5.46. The summed E-state index contributed by atoms with van der Waals surface area (Å²) in [7, 11) is 4.70. The third kappa shape index (κ3) is 2.73. The highest BCUT2D eigenvalue weighted by Crippen LogP contribution is 2.43. The maximum absolute atomic E-state index is 5.46. The van der Waals surface area contributed by atoms with Gasteiger partial charge in [0.2, 0.25) is 5.75 Å². The van der Waals surface area contributed by atoms with Crippen LogP contribution in [-0.4, -0.2) is 31.3 Å². The molecule has 0 spiro atoms. The summed E-state index contributed by atoms with van der Waals surface area (Å²) in [5, 5.41) is 4.01. The normalized spacial score (nSPS) is 10.6. The molecule has 0 aliphatic heterocycles. The Balaban J connectivity index is 2.08. The Morgan fingerprint density at radius 2 is 1.91 bits per heavy atom. The minimum atomic E-state index is 0.498. The van der Waals surface area contributed by atoms with Gasteiger partial charge in [-0.3, -0.25) is 0 Å². The molecule has 0 bridgehead atoms. The van der Waals surface area contributed by atoms with Crippen molar-refractivity contribution in [2.45, 2.75) is 6.54 Å². The van der Waals surface area contributed by atoms with Crippen LogP contribution < -0.4 is 19.5 Å². The van der Waals surface area contributed by atoms with E-state index < -0.39 is 0 Å². The zero-order valence-electron chi connectivity index (χ0n) is 13.1. The van der Waals surface area contributed by atoms with Crippen LogP contribution in [0.25, 0.3) is 10.9 Å². The Bertz CT molecular complexity index is 803. The number of anilines is 1. The number of nitrogens with zero attached hydrogens (tertiary/aromatic N) is 2. The first kappa shape index (κ1) is 15.0. The molecule has 0 saturated heterocycles. The Kier molecular flexibility index (Phi) is 4.18. The lowest BCUT2D eigenvalue weighted by Gasteiger charge is -2.15. The van der Waals surface area contributed by atoms with Gasteiger partial charge in [0.15, 0.2) is 11.5 Å². The smallest absolute Gasteiger partial charge is 0.205 e. The van der Waals surface area contributed by atoms with Gasteiger partial charge in [0.05, 0.1) is 39.5 Å². The Labute approximate surface area is 133 Å². The fourth-order valence-electron chi connectivity index (χ4n) is 2.39. The first-order valence-electron chi connectivity index (χ1n) is 6.98. The second-order valence-electron chi connectivity index (χ2n) is 4.70. The number of ether oxygens (including phenoxy) is 3. The van der Waals surface area contributed by atoms with E-state index in [4.69, 9.17) is 18.6 Å². The fourth-order valence-corrected chi connectivity index (χ4v) is 2.39. The van der Waals surface area contributed by atoms with Crippen molar-refractivity contribution in [3.63, 3.8) is 0 Å². The first-order valence-corrected chi connectivity index (χ1v) is 6.98. The molecule has 0 atom stereocenters. The fraction of sp³-hybridized carbons (Fsp3) is 0.250. The van der Waals surface area contributed by atoms with Gasteiger partial charge in [0.25, 0.3) is 0 Å². The highest BCUT2D eigenvalue weighted by atomic mass is 16.5. The highest BCUT2D eigenvalue weighted by Gasteiger charge is 2.19. The number of fused-ring (bicyclic) bond motifs is 1. The quantitative estimate of drug-likeness (QED) is 0.749. The molecule has 0 aliphatic rings. The van der Waals surface area contributed by atoms with Gasteiger partial charge in [0, 0.05) is 0 Å². The van der Waals surface area contributed by atoms with E-state index in [0.717, 1.165) is 11.1 Å². The van der Waals surface area contributed by atoms with Crippen molar-refractivity contribution >= 4 is 16.7 Å². The minimum Gasteiger partial charge on any atom is -0.493 e. The molecule has 0 unspecified atom stereocenters. The second kappa shape index (κ2) is 6.43. The molecular weight excluding hydrogens is 298 g/mol. The summed E-state index contributed by atoms with van der Waals surface area (Å²) < 4.78 is 21.5. The number of methoxy groups -OCH3 is 3. The van der Waals surface area contributed by atoms with Crippen molar-refractivity contribution in [2.24, 2.45) is 0 Å². The average Bonchev–Trinajstić information content (AvgIpc) is 3.11. The SMILES string of the molecule is COc1cc2c(NCc3ccco3)ncnc2c(OC)c1OC. The van der Waals surface area contributed by atoms with E-state index in [2.05, 4.69) is 15.3 Å². The monoisotopic (exact) mass is 315 g/mol. The molecular formula is C16H17N3O4. The molecule has 7 heteroatoms. The summed E-state index contributed by atoms with van der Waals surface area (Å²) in [5.41, 5.74) is 0.641. The van der Waals surface area contributed by atoms with Crippen molar-refractivity contribution < 1.29 is 18.6 Å². The predicted octanol–water partition coefficient (Wildman–Crippen LogP) is 2.86. The van der Waals surface area contributed by atoms with E-state index in [1.165, 1.54) is 6.33 Å². The van der Waals surface area contributed by atoms with Gasteiger partial charge in [-0.05, 0) is 18.2 Å². The molecule has 23 heavy (non-hydrogen) atoms. The molecule has 1 N–H and O–H groups in total. The number of hydrogen-bond donors (Lipinski definition) is 1. The summed E-state index contributed by atoms with van der Waals surface area (Å²) >= 11 is 0. The molecule has 3 aromatic rings. The third-order valence-corrected chi connectivity index (χ3v) is 3.44. The van der Waals surface area contributed by atoms with Gasteiger partial charge in [-0.1, -0.05) is 0 Å².